The predicted molar refractivity (Wildman–Crippen MR) is 105 cm³/mol. The maximum atomic E-state index is 13.2. The Bertz CT molecular complexity index is 949. The Hall–Kier alpha value is -2.66. The van der Waals surface area contributed by atoms with Crippen LogP contribution in [0.15, 0.2) is 54.7 Å². The van der Waals surface area contributed by atoms with E-state index in [2.05, 4.69) is 31.0 Å². The molecule has 1 fully saturated rings. The van der Waals surface area contributed by atoms with E-state index in [1.54, 1.807) is 0 Å². The van der Waals surface area contributed by atoms with Gasteiger partial charge in [-0.1, -0.05) is 50.2 Å². The molecule has 1 aliphatic heterocycles. The minimum Gasteiger partial charge on any atom is -0.366 e. The number of aryl methyl sites for hydroxylation is 1. The molecule has 5 nitrogen and oxygen atoms in total. The number of carbonyl (C=O) groups is 1. The van der Waals surface area contributed by atoms with Gasteiger partial charge in [0.2, 0.25) is 0 Å². The van der Waals surface area contributed by atoms with Gasteiger partial charge in [-0.3, -0.25) is 4.79 Å². The number of imidazole rings is 1. The van der Waals surface area contributed by atoms with Crippen LogP contribution < -0.4 is 0 Å². The standard InChI is InChI=1S/C22H25N3O2/c1-15(2)19-13-24(14-20(27-19)17-9-5-4-6-10-17)22(26)18-12-25-16(3)8-7-11-21(25)23-18/h4-12,15,19-20H,13-14H2,1-3H3/t19-,20+/m1/s1. The molecule has 4 rings (SSSR count). The van der Waals surface area contributed by atoms with Crippen molar-refractivity contribution in [1.29, 1.82) is 0 Å². The first-order chi connectivity index (χ1) is 13.0. The molecule has 140 valence electrons. The number of carbonyl (C=O) groups excluding carboxylic acids is 1. The van der Waals surface area contributed by atoms with Crippen molar-refractivity contribution in [2.45, 2.75) is 33.0 Å². The molecule has 5 heteroatoms. The van der Waals surface area contributed by atoms with E-state index in [1.807, 2.05) is 58.8 Å². The van der Waals surface area contributed by atoms with Gasteiger partial charge in [-0.15, -0.1) is 0 Å². The zero-order valence-electron chi connectivity index (χ0n) is 16.0. The van der Waals surface area contributed by atoms with E-state index >= 15 is 0 Å². The summed E-state index contributed by atoms with van der Waals surface area (Å²) in [5, 5.41) is 0. The summed E-state index contributed by atoms with van der Waals surface area (Å²) in [5.74, 6) is 0.295. The van der Waals surface area contributed by atoms with Crippen LogP contribution in [0.4, 0.5) is 0 Å². The van der Waals surface area contributed by atoms with Crippen molar-refractivity contribution in [3.63, 3.8) is 0 Å². The number of benzene rings is 1. The van der Waals surface area contributed by atoms with E-state index in [0.717, 1.165) is 16.9 Å². The smallest absolute Gasteiger partial charge is 0.274 e. The highest BCUT2D eigenvalue weighted by molar-refractivity contribution is 5.93. The van der Waals surface area contributed by atoms with Gasteiger partial charge in [-0.25, -0.2) is 4.98 Å². The molecule has 2 aromatic heterocycles. The van der Waals surface area contributed by atoms with Crippen molar-refractivity contribution < 1.29 is 9.53 Å². The minimum atomic E-state index is -0.116. The molecule has 0 N–H and O–H groups in total. The second-order valence-electron chi connectivity index (χ2n) is 7.55. The Morgan fingerprint density at radius 1 is 1.11 bits per heavy atom. The molecule has 1 saturated heterocycles. The molecule has 0 unspecified atom stereocenters. The van der Waals surface area contributed by atoms with Crippen LogP contribution in [0.5, 0.6) is 0 Å². The van der Waals surface area contributed by atoms with Crippen LogP contribution in [0.2, 0.25) is 0 Å². The summed E-state index contributed by atoms with van der Waals surface area (Å²) in [6.07, 6.45) is 1.73. The van der Waals surface area contributed by atoms with Crippen molar-refractivity contribution in [2.24, 2.45) is 5.92 Å². The van der Waals surface area contributed by atoms with E-state index in [9.17, 15) is 4.79 Å². The van der Waals surface area contributed by atoms with Crippen LogP contribution in [-0.4, -0.2) is 39.4 Å². The summed E-state index contributed by atoms with van der Waals surface area (Å²) in [5.41, 5.74) is 3.45. The second kappa shape index (κ2) is 7.16. The molecule has 0 bridgehead atoms. The van der Waals surface area contributed by atoms with Crippen LogP contribution in [-0.2, 0) is 4.74 Å². The lowest BCUT2D eigenvalue weighted by Gasteiger charge is -2.39. The maximum absolute atomic E-state index is 13.2. The van der Waals surface area contributed by atoms with Gasteiger partial charge < -0.3 is 14.0 Å². The second-order valence-corrected chi connectivity index (χ2v) is 7.55. The summed E-state index contributed by atoms with van der Waals surface area (Å²) in [4.78, 5) is 19.7. The van der Waals surface area contributed by atoms with E-state index in [-0.39, 0.29) is 18.1 Å². The molecular formula is C22H25N3O2. The molecule has 3 heterocycles. The van der Waals surface area contributed by atoms with E-state index in [4.69, 9.17) is 4.74 Å². The van der Waals surface area contributed by atoms with E-state index < -0.39 is 0 Å². The Balaban J connectivity index is 1.63. The van der Waals surface area contributed by atoms with Gasteiger partial charge >= 0.3 is 0 Å². The quantitative estimate of drug-likeness (QED) is 0.709. The van der Waals surface area contributed by atoms with Crippen LogP contribution in [0.25, 0.3) is 5.65 Å². The molecule has 1 aliphatic rings. The maximum Gasteiger partial charge on any atom is 0.274 e. The third kappa shape index (κ3) is 3.47. The lowest BCUT2D eigenvalue weighted by molar-refractivity contribution is -0.0955. The van der Waals surface area contributed by atoms with Crippen LogP contribution >= 0.6 is 0 Å². The summed E-state index contributed by atoms with van der Waals surface area (Å²) in [7, 11) is 0. The van der Waals surface area contributed by atoms with Gasteiger partial charge in [0.05, 0.1) is 12.6 Å². The first-order valence-electron chi connectivity index (χ1n) is 9.47. The summed E-state index contributed by atoms with van der Waals surface area (Å²) < 4.78 is 8.27. The van der Waals surface area contributed by atoms with Gasteiger partial charge in [0.25, 0.3) is 5.91 Å². The minimum absolute atomic E-state index is 0.00618. The molecule has 3 aromatic rings. The average Bonchev–Trinajstić information content (AvgIpc) is 3.13. The Labute approximate surface area is 159 Å². The number of fused-ring (bicyclic) bond motifs is 1. The number of amides is 1. The number of aromatic nitrogens is 2. The Morgan fingerprint density at radius 3 is 2.59 bits per heavy atom. The molecule has 2 atom stereocenters. The summed E-state index contributed by atoms with van der Waals surface area (Å²) >= 11 is 0. The van der Waals surface area contributed by atoms with E-state index in [1.165, 1.54) is 0 Å². The van der Waals surface area contributed by atoms with Gasteiger partial charge in [-0.2, -0.15) is 0 Å². The number of nitrogens with zero attached hydrogens (tertiary/aromatic N) is 3. The van der Waals surface area contributed by atoms with Gasteiger partial charge in [0, 0.05) is 18.4 Å². The monoisotopic (exact) mass is 363 g/mol. The average molecular weight is 363 g/mol. The lowest BCUT2D eigenvalue weighted by Crippen LogP contribution is -2.48. The zero-order valence-corrected chi connectivity index (χ0v) is 16.0. The van der Waals surface area contributed by atoms with Crippen LogP contribution in [0.1, 0.15) is 41.7 Å². The van der Waals surface area contributed by atoms with Gasteiger partial charge in [0.15, 0.2) is 0 Å². The fourth-order valence-electron chi connectivity index (χ4n) is 3.59. The van der Waals surface area contributed by atoms with Crippen molar-refractivity contribution in [3.05, 3.63) is 71.7 Å². The number of pyridine rings is 1. The molecule has 27 heavy (non-hydrogen) atoms. The fourth-order valence-corrected chi connectivity index (χ4v) is 3.59. The summed E-state index contributed by atoms with van der Waals surface area (Å²) in [6, 6.07) is 16.0. The van der Waals surface area contributed by atoms with Crippen molar-refractivity contribution in [3.8, 4) is 0 Å². The third-order valence-electron chi connectivity index (χ3n) is 5.24. The first-order valence-corrected chi connectivity index (χ1v) is 9.47. The largest absolute Gasteiger partial charge is 0.366 e. The van der Waals surface area contributed by atoms with Crippen molar-refractivity contribution in [1.82, 2.24) is 14.3 Å². The number of morpholine rings is 1. The normalized spacial score (nSPS) is 20.4. The zero-order chi connectivity index (χ0) is 19.0. The molecule has 1 amide bonds. The molecule has 1 aromatic carbocycles. The van der Waals surface area contributed by atoms with Gasteiger partial charge in [0.1, 0.15) is 17.4 Å². The third-order valence-corrected chi connectivity index (χ3v) is 5.24. The topological polar surface area (TPSA) is 46.8 Å². The molecule has 0 saturated carbocycles. The van der Waals surface area contributed by atoms with E-state index in [0.29, 0.717) is 24.7 Å². The van der Waals surface area contributed by atoms with Crippen molar-refractivity contribution >= 4 is 11.6 Å². The number of hydrogen-bond acceptors (Lipinski definition) is 3. The predicted octanol–water partition coefficient (Wildman–Crippen LogP) is 3.88. The van der Waals surface area contributed by atoms with Crippen LogP contribution in [0, 0.1) is 12.8 Å². The van der Waals surface area contributed by atoms with Crippen molar-refractivity contribution in [2.75, 3.05) is 13.1 Å². The number of hydrogen-bond donors (Lipinski definition) is 0. The Kier molecular flexibility index (Phi) is 4.70. The van der Waals surface area contributed by atoms with Gasteiger partial charge in [-0.05, 0) is 30.5 Å². The number of ether oxygens (including phenoxy) is 1. The Morgan fingerprint density at radius 2 is 1.89 bits per heavy atom. The highest BCUT2D eigenvalue weighted by atomic mass is 16.5. The molecule has 0 spiro atoms. The molecular weight excluding hydrogens is 338 g/mol. The number of rotatable bonds is 3. The van der Waals surface area contributed by atoms with Crippen LogP contribution in [0.3, 0.4) is 0 Å². The molecule has 0 radical (unpaired) electrons. The highest BCUT2D eigenvalue weighted by Crippen LogP contribution is 2.29. The fraction of sp³-hybridized carbons (Fsp3) is 0.364. The first kappa shape index (κ1) is 17.7. The summed E-state index contributed by atoms with van der Waals surface area (Å²) in [6.45, 7) is 7.41. The highest BCUT2D eigenvalue weighted by Gasteiger charge is 2.34. The molecule has 0 aliphatic carbocycles. The lowest BCUT2D eigenvalue weighted by atomic mass is 10.0. The SMILES string of the molecule is Cc1cccc2nc(C(=O)N3C[C@@H](c4ccccc4)O[C@@H](C(C)C)C3)cn12.